The number of aryl methyl sites for hydroxylation is 1. The van der Waals surface area contributed by atoms with E-state index in [2.05, 4.69) is 10.2 Å². The molecule has 4 aliphatic carbocycles. The Morgan fingerprint density at radius 2 is 1.63 bits per heavy atom. The van der Waals surface area contributed by atoms with Crippen LogP contribution in [0.3, 0.4) is 0 Å². The van der Waals surface area contributed by atoms with Crippen LogP contribution >= 0.6 is 11.8 Å². The van der Waals surface area contributed by atoms with Gasteiger partial charge in [-0.3, -0.25) is 14.0 Å². The van der Waals surface area contributed by atoms with Gasteiger partial charge in [0, 0.05) is 5.41 Å². The SMILES string of the molecule is Cc1ccccc1-n1c(=O)c2ccccc2n2c(SCC(=O)C34CC5CC(CC(C5)C3)C4)nnc12. The summed E-state index contributed by atoms with van der Waals surface area (Å²) >= 11 is 1.47. The van der Waals surface area contributed by atoms with Gasteiger partial charge in [0.05, 0.1) is 22.3 Å². The summed E-state index contributed by atoms with van der Waals surface area (Å²) in [5.74, 6) is 3.51. The minimum atomic E-state index is -0.118. The summed E-state index contributed by atoms with van der Waals surface area (Å²) in [7, 11) is 0. The lowest BCUT2D eigenvalue weighted by atomic mass is 9.48. The molecule has 6 nitrogen and oxygen atoms in total. The maximum absolute atomic E-state index is 13.6. The van der Waals surface area contributed by atoms with E-state index in [0.717, 1.165) is 53.8 Å². The molecule has 7 heteroatoms. The molecule has 0 spiro atoms. The molecule has 4 fully saturated rings. The minimum Gasteiger partial charge on any atom is -0.298 e. The number of carbonyl (C=O) groups is 1. The number of hydrogen-bond donors (Lipinski definition) is 0. The van der Waals surface area contributed by atoms with E-state index in [-0.39, 0.29) is 11.0 Å². The Kier molecular flexibility index (Phi) is 4.75. The van der Waals surface area contributed by atoms with Crippen molar-refractivity contribution in [3.63, 3.8) is 0 Å². The number of aromatic nitrogens is 4. The van der Waals surface area contributed by atoms with Crippen molar-refractivity contribution >= 4 is 34.2 Å². The normalized spacial score (nSPS) is 27.2. The third-order valence-electron chi connectivity index (χ3n) is 8.71. The molecule has 0 radical (unpaired) electrons. The molecule has 0 saturated heterocycles. The molecule has 2 aromatic carbocycles. The van der Waals surface area contributed by atoms with Gasteiger partial charge < -0.3 is 0 Å². The van der Waals surface area contributed by atoms with Crippen molar-refractivity contribution in [3.05, 3.63) is 64.4 Å². The van der Waals surface area contributed by atoms with E-state index in [1.54, 1.807) is 4.57 Å². The first kappa shape index (κ1) is 21.4. The van der Waals surface area contributed by atoms with Gasteiger partial charge in [-0.2, -0.15) is 0 Å². The molecule has 0 aliphatic heterocycles. The van der Waals surface area contributed by atoms with Crippen molar-refractivity contribution in [2.24, 2.45) is 23.2 Å². The zero-order valence-corrected chi connectivity index (χ0v) is 20.6. The Morgan fingerprint density at radius 3 is 2.34 bits per heavy atom. The van der Waals surface area contributed by atoms with Crippen molar-refractivity contribution in [1.82, 2.24) is 19.2 Å². The molecule has 4 aliphatic rings. The monoisotopic (exact) mass is 484 g/mol. The largest absolute Gasteiger partial charge is 0.298 e. The lowest BCUT2D eigenvalue weighted by Crippen LogP contribution is -2.50. The van der Waals surface area contributed by atoms with Crippen molar-refractivity contribution in [1.29, 1.82) is 0 Å². The number of fused-ring (bicyclic) bond motifs is 3. The highest BCUT2D eigenvalue weighted by Gasteiger charge is 2.54. The molecule has 4 aromatic rings. The number of benzene rings is 2. The van der Waals surface area contributed by atoms with Crippen molar-refractivity contribution in [2.45, 2.75) is 50.6 Å². The number of carbonyl (C=O) groups excluding carboxylic acids is 1. The lowest BCUT2D eigenvalue weighted by molar-refractivity contribution is -0.141. The fourth-order valence-corrected chi connectivity index (χ4v) is 8.51. The molecule has 35 heavy (non-hydrogen) atoms. The lowest BCUT2D eigenvalue weighted by Gasteiger charge is -2.56. The van der Waals surface area contributed by atoms with E-state index in [0.29, 0.717) is 27.9 Å². The average Bonchev–Trinajstić information content (AvgIpc) is 3.27. The van der Waals surface area contributed by atoms with Gasteiger partial charge in [0.2, 0.25) is 5.78 Å². The molecular weight excluding hydrogens is 456 g/mol. The van der Waals surface area contributed by atoms with E-state index in [9.17, 15) is 9.59 Å². The Morgan fingerprint density at radius 1 is 0.971 bits per heavy atom. The zero-order chi connectivity index (χ0) is 23.7. The summed E-state index contributed by atoms with van der Waals surface area (Å²) < 4.78 is 3.59. The second kappa shape index (κ2) is 7.79. The molecule has 4 saturated carbocycles. The van der Waals surface area contributed by atoms with Crippen LogP contribution in [0.25, 0.3) is 22.4 Å². The summed E-state index contributed by atoms with van der Waals surface area (Å²) in [4.78, 5) is 27.2. The molecule has 0 atom stereocenters. The maximum Gasteiger partial charge on any atom is 0.267 e. The number of Topliss-reactive ketones (excluding diaryl/α,β-unsaturated/α-hetero) is 1. The first-order valence-electron chi connectivity index (χ1n) is 12.6. The van der Waals surface area contributed by atoms with Crippen LogP contribution in [0, 0.1) is 30.1 Å². The second-order valence-electron chi connectivity index (χ2n) is 11.0. The van der Waals surface area contributed by atoms with Gasteiger partial charge in [0.15, 0.2) is 5.16 Å². The Balaban J connectivity index is 1.30. The second-order valence-corrected chi connectivity index (χ2v) is 11.9. The summed E-state index contributed by atoms with van der Waals surface area (Å²) in [6.07, 6.45) is 7.23. The van der Waals surface area contributed by atoms with Crippen LogP contribution in [0.2, 0.25) is 0 Å². The third-order valence-corrected chi connectivity index (χ3v) is 9.64. The average molecular weight is 485 g/mol. The minimum absolute atomic E-state index is 0.115. The summed E-state index contributed by atoms with van der Waals surface area (Å²) in [6.45, 7) is 1.99. The first-order chi connectivity index (χ1) is 17.0. The topological polar surface area (TPSA) is 69.3 Å². The van der Waals surface area contributed by atoms with Gasteiger partial charge in [0.1, 0.15) is 5.78 Å². The molecule has 2 aromatic heterocycles. The van der Waals surface area contributed by atoms with Crippen LogP contribution in [0.1, 0.15) is 44.1 Å². The molecule has 8 rings (SSSR count). The van der Waals surface area contributed by atoms with Crippen molar-refractivity contribution in [2.75, 3.05) is 5.75 Å². The van der Waals surface area contributed by atoms with E-state index in [1.165, 1.54) is 31.0 Å². The molecule has 0 unspecified atom stereocenters. The van der Waals surface area contributed by atoms with E-state index in [4.69, 9.17) is 0 Å². The summed E-state index contributed by atoms with van der Waals surface area (Å²) in [5.41, 5.74) is 2.32. The predicted molar refractivity (Wildman–Crippen MR) is 137 cm³/mol. The predicted octanol–water partition coefficient (Wildman–Crippen LogP) is 5.22. The van der Waals surface area contributed by atoms with E-state index < -0.39 is 0 Å². The molecule has 4 bridgehead atoms. The van der Waals surface area contributed by atoms with Crippen molar-refractivity contribution in [3.8, 4) is 5.69 Å². The van der Waals surface area contributed by atoms with Gasteiger partial charge in [-0.05, 0) is 87.0 Å². The van der Waals surface area contributed by atoms with E-state index in [1.807, 2.05) is 59.9 Å². The number of ketones is 1. The summed E-state index contributed by atoms with van der Waals surface area (Å²) in [6, 6.07) is 15.4. The van der Waals surface area contributed by atoms with Gasteiger partial charge in [-0.25, -0.2) is 4.57 Å². The van der Waals surface area contributed by atoms with Crippen LogP contribution < -0.4 is 5.56 Å². The van der Waals surface area contributed by atoms with Crippen LogP contribution in [-0.4, -0.2) is 30.7 Å². The molecule has 2 heterocycles. The number of thioether (sulfide) groups is 1. The fraction of sp³-hybridized carbons (Fsp3) is 0.429. The maximum atomic E-state index is 13.6. The smallest absolute Gasteiger partial charge is 0.267 e. The molecular formula is C28H28N4O2S. The highest BCUT2D eigenvalue weighted by Crippen LogP contribution is 2.60. The number of para-hydroxylation sites is 2. The van der Waals surface area contributed by atoms with Gasteiger partial charge in [-0.15, -0.1) is 10.2 Å². The highest BCUT2D eigenvalue weighted by atomic mass is 32.2. The van der Waals surface area contributed by atoms with Crippen LogP contribution in [0.15, 0.2) is 58.5 Å². The summed E-state index contributed by atoms with van der Waals surface area (Å²) in [5, 5.41) is 10.2. The molecule has 178 valence electrons. The Bertz CT molecular complexity index is 1520. The first-order valence-corrected chi connectivity index (χ1v) is 13.6. The van der Waals surface area contributed by atoms with Gasteiger partial charge >= 0.3 is 0 Å². The zero-order valence-electron chi connectivity index (χ0n) is 19.8. The van der Waals surface area contributed by atoms with Crippen molar-refractivity contribution < 1.29 is 4.79 Å². The Hall–Kier alpha value is -2.93. The highest BCUT2D eigenvalue weighted by molar-refractivity contribution is 7.99. The third kappa shape index (κ3) is 3.24. The number of nitrogens with zero attached hydrogens (tertiary/aromatic N) is 4. The quantitative estimate of drug-likeness (QED) is 0.363. The number of rotatable bonds is 5. The molecule has 0 N–H and O–H groups in total. The van der Waals surface area contributed by atoms with Gasteiger partial charge in [0.25, 0.3) is 5.56 Å². The molecule has 0 amide bonds. The van der Waals surface area contributed by atoms with Crippen LogP contribution in [0.5, 0.6) is 0 Å². The standard InChI is InChI=1S/C28H28N4O2S/c1-17-6-2-4-8-22(17)31-25(34)21-7-3-5-9-23(21)32-26(31)29-30-27(32)35-16-24(33)28-13-18-10-19(14-28)12-20(11-18)15-28/h2-9,18-20H,10-16H2,1H3. The van der Waals surface area contributed by atoms with E-state index >= 15 is 0 Å². The number of hydrogen-bond acceptors (Lipinski definition) is 5. The van der Waals surface area contributed by atoms with Crippen LogP contribution in [-0.2, 0) is 4.79 Å². The Labute approximate surface area is 207 Å². The van der Waals surface area contributed by atoms with Gasteiger partial charge in [-0.1, -0.05) is 42.1 Å². The fourth-order valence-electron chi connectivity index (χ4n) is 7.54. The van der Waals surface area contributed by atoms with Crippen LogP contribution in [0.4, 0.5) is 0 Å².